The number of pyridine rings is 1. The molecule has 2 aliphatic heterocycles. The second-order valence-electron chi connectivity index (χ2n) is 7.67. The van der Waals surface area contributed by atoms with E-state index in [0.29, 0.717) is 38.3 Å². The molecule has 1 aromatic heterocycles. The third-order valence-electron chi connectivity index (χ3n) is 5.83. The second kappa shape index (κ2) is 7.00. The maximum absolute atomic E-state index is 13.1. The summed E-state index contributed by atoms with van der Waals surface area (Å²) in [5.41, 5.74) is 4.68. The fourth-order valence-corrected chi connectivity index (χ4v) is 4.29. The number of nitrogens with zero attached hydrogens (tertiary/aromatic N) is 2. The number of aliphatic hydroxyl groups excluding tert-OH is 1. The summed E-state index contributed by atoms with van der Waals surface area (Å²) in [7, 11) is 0. The lowest BCUT2D eigenvalue weighted by Gasteiger charge is -2.18. The molecule has 3 heterocycles. The minimum atomic E-state index is -0.537. The highest BCUT2D eigenvalue weighted by molar-refractivity contribution is 5.96. The Morgan fingerprint density at radius 3 is 2.89 bits per heavy atom. The van der Waals surface area contributed by atoms with E-state index in [0.717, 1.165) is 27.7 Å². The topological polar surface area (TPSA) is 62.7 Å². The molecule has 1 N–H and O–H groups in total. The van der Waals surface area contributed by atoms with E-state index in [9.17, 15) is 9.90 Å². The van der Waals surface area contributed by atoms with E-state index in [4.69, 9.17) is 9.72 Å². The first kappa shape index (κ1) is 17.3. The van der Waals surface area contributed by atoms with Crippen molar-refractivity contribution >= 4 is 16.8 Å². The van der Waals surface area contributed by atoms with Crippen molar-refractivity contribution in [1.29, 1.82) is 0 Å². The number of likely N-dealkylation sites (tertiary alicyclic amines) is 1. The first-order valence-electron chi connectivity index (χ1n) is 9.69. The van der Waals surface area contributed by atoms with E-state index in [1.54, 1.807) is 4.90 Å². The SMILES string of the molecule is O=C(c1cccc2c1COC2)N1C[C@@H](Cc2ccc3ccccc3n2)[C@H](O)C1. The fraction of sp³-hybridized carbons (Fsp3) is 0.304. The van der Waals surface area contributed by atoms with Gasteiger partial charge in [-0.05, 0) is 35.7 Å². The number of benzene rings is 2. The number of aromatic nitrogens is 1. The summed E-state index contributed by atoms with van der Waals surface area (Å²) in [6.45, 7) is 1.95. The van der Waals surface area contributed by atoms with Crippen molar-refractivity contribution in [3.8, 4) is 0 Å². The van der Waals surface area contributed by atoms with Gasteiger partial charge in [0, 0.05) is 35.7 Å². The Balaban J connectivity index is 1.33. The van der Waals surface area contributed by atoms with Gasteiger partial charge in [0.15, 0.2) is 0 Å². The maximum Gasteiger partial charge on any atom is 0.254 e. The first-order valence-corrected chi connectivity index (χ1v) is 9.69. The Labute approximate surface area is 163 Å². The predicted molar refractivity (Wildman–Crippen MR) is 106 cm³/mol. The minimum absolute atomic E-state index is 0.00868. The lowest BCUT2D eigenvalue weighted by molar-refractivity contribution is 0.0760. The number of carbonyl (C=O) groups is 1. The van der Waals surface area contributed by atoms with Gasteiger partial charge in [-0.2, -0.15) is 0 Å². The van der Waals surface area contributed by atoms with Crippen LogP contribution in [0.5, 0.6) is 0 Å². The van der Waals surface area contributed by atoms with Gasteiger partial charge in [0.1, 0.15) is 0 Å². The Bertz CT molecular complexity index is 1050. The van der Waals surface area contributed by atoms with Crippen molar-refractivity contribution in [1.82, 2.24) is 9.88 Å². The molecule has 0 bridgehead atoms. The monoisotopic (exact) mass is 374 g/mol. The molecule has 142 valence electrons. The number of hydrogen-bond donors (Lipinski definition) is 1. The van der Waals surface area contributed by atoms with Gasteiger partial charge in [0.05, 0.1) is 24.8 Å². The van der Waals surface area contributed by atoms with E-state index >= 15 is 0 Å². The Morgan fingerprint density at radius 1 is 1.07 bits per heavy atom. The molecule has 1 saturated heterocycles. The molecular formula is C23H22N2O3. The lowest BCUT2D eigenvalue weighted by Crippen LogP contribution is -2.30. The average molecular weight is 374 g/mol. The van der Waals surface area contributed by atoms with Gasteiger partial charge in [-0.1, -0.05) is 36.4 Å². The summed E-state index contributed by atoms with van der Waals surface area (Å²) in [5.74, 6) is -0.0269. The van der Waals surface area contributed by atoms with Crippen molar-refractivity contribution in [2.75, 3.05) is 13.1 Å². The van der Waals surface area contributed by atoms with Crippen LogP contribution in [-0.4, -0.2) is 40.1 Å². The molecule has 28 heavy (non-hydrogen) atoms. The third-order valence-corrected chi connectivity index (χ3v) is 5.83. The Morgan fingerprint density at radius 2 is 1.96 bits per heavy atom. The zero-order valence-corrected chi connectivity index (χ0v) is 15.5. The summed E-state index contributed by atoms with van der Waals surface area (Å²) in [6, 6.07) is 17.9. The normalized spacial score (nSPS) is 21.2. The molecule has 0 saturated carbocycles. The molecule has 5 heteroatoms. The highest BCUT2D eigenvalue weighted by Crippen LogP contribution is 2.28. The van der Waals surface area contributed by atoms with Crippen LogP contribution in [0.25, 0.3) is 10.9 Å². The van der Waals surface area contributed by atoms with E-state index < -0.39 is 6.10 Å². The van der Waals surface area contributed by atoms with E-state index in [-0.39, 0.29) is 11.8 Å². The van der Waals surface area contributed by atoms with Crippen molar-refractivity contribution < 1.29 is 14.6 Å². The van der Waals surface area contributed by atoms with E-state index in [2.05, 4.69) is 6.07 Å². The molecule has 3 aromatic rings. The second-order valence-corrected chi connectivity index (χ2v) is 7.67. The molecule has 2 aliphatic rings. The van der Waals surface area contributed by atoms with Gasteiger partial charge < -0.3 is 14.7 Å². The van der Waals surface area contributed by atoms with Gasteiger partial charge in [0.25, 0.3) is 5.91 Å². The molecule has 0 radical (unpaired) electrons. The molecule has 1 fully saturated rings. The summed E-state index contributed by atoms with van der Waals surface area (Å²) in [4.78, 5) is 19.6. The van der Waals surface area contributed by atoms with Crippen LogP contribution in [0.2, 0.25) is 0 Å². The molecule has 5 rings (SSSR count). The maximum atomic E-state index is 13.1. The summed E-state index contributed by atoms with van der Waals surface area (Å²) < 4.78 is 5.50. The van der Waals surface area contributed by atoms with Gasteiger partial charge in [-0.3, -0.25) is 9.78 Å². The molecule has 0 spiro atoms. The minimum Gasteiger partial charge on any atom is -0.391 e. The molecule has 2 aromatic carbocycles. The standard InChI is InChI=1S/C23H22N2O3/c26-22-12-25(23(27)19-6-3-5-16-13-28-14-20(16)19)11-17(22)10-18-9-8-15-4-1-2-7-21(15)24-18/h1-9,17,22,26H,10-14H2/t17-,22-/m1/s1. The highest BCUT2D eigenvalue weighted by Gasteiger charge is 2.35. The van der Waals surface area contributed by atoms with Crippen LogP contribution >= 0.6 is 0 Å². The van der Waals surface area contributed by atoms with Crippen molar-refractivity contribution in [3.63, 3.8) is 0 Å². The highest BCUT2D eigenvalue weighted by atomic mass is 16.5. The third kappa shape index (κ3) is 3.07. The van der Waals surface area contributed by atoms with Crippen LogP contribution in [0, 0.1) is 5.92 Å². The van der Waals surface area contributed by atoms with Crippen LogP contribution in [-0.2, 0) is 24.4 Å². The average Bonchev–Trinajstić information content (AvgIpc) is 3.34. The number of hydrogen-bond acceptors (Lipinski definition) is 4. The fourth-order valence-electron chi connectivity index (χ4n) is 4.29. The number of fused-ring (bicyclic) bond motifs is 2. The lowest BCUT2D eigenvalue weighted by atomic mass is 9.99. The quantitative estimate of drug-likeness (QED) is 0.766. The Hall–Kier alpha value is -2.76. The van der Waals surface area contributed by atoms with Crippen LogP contribution in [0.15, 0.2) is 54.6 Å². The van der Waals surface area contributed by atoms with Crippen molar-refractivity contribution in [2.24, 2.45) is 5.92 Å². The zero-order valence-electron chi connectivity index (χ0n) is 15.5. The smallest absolute Gasteiger partial charge is 0.254 e. The summed E-state index contributed by atoms with van der Waals surface area (Å²) in [5, 5.41) is 11.7. The largest absolute Gasteiger partial charge is 0.391 e. The number of carbonyl (C=O) groups excluding carboxylic acids is 1. The van der Waals surface area contributed by atoms with Gasteiger partial charge in [-0.25, -0.2) is 0 Å². The summed E-state index contributed by atoms with van der Waals surface area (Å²) >= 11 is 0. The summed E-state index contributed by atoms with van der Waals surface area (Å²) in [6.07, 6.45) is 0.122. The van der Waals surface area contributed by atoms with Crippen LogP contribution in [0.1, 0.15) is 27.2 Å². The molecule has 5 nitrogen and oxygen atoms in total. The van der Waals surface area contributed by atoms with Crippen molar-refractivity contribution in [2.45, 2.75) is 25.7 Å². The number of ether oxygens (including phenoxy) is 1. The van der Waals surface area contributed by atoms with Crippen LogP contribution in [0.4, 0.5) is 0 Å². The number of para-hydroxylation sites is 1. The molecule has 2 atom stereocenters. The van der Waals surface area contributed by atoms with Crippen molar-refractivity contribution in [3.05, 3.63) is 77.0 Å². The molecule has 1 amide bonds. The number of aliphatic hydroxyl groups is 1. The van der Waals surface area contributed by atoms with Gasteiger partial charge >= 0.3 is 0 Å². The van der Waals surface area contributed by atoms with Gasteiger partial charge in [-0.15, -0.1) is 0 Å². The Kier molecular flexibility index (Phi) is 4.34. The zero-order chi connectivity index (χ0) is 19.1. The van der Waals surface area contributed by atoms with E-state index in [1.165, 1.54) is 0 Å². The van der Waals surface area contributed by atoms with Crippen LogP contribution in [0.3, 0.4) is 0 Å². The van der Waals surface area contributed by atoms with Gasteiger partial charge in [0.2, 0.25) is 0 Å². The van der Waals surface area contributed by atoms with E-state index in [1.807, 2.05) is 48.5 Å². The number of β-amino-alcohol motifs (C(OH)–C–C–N with tert-alkyl or cyclic N) is 1. The molecule has 0 unspecified atom stereocenters. The molecule has 0 aliphatic carbocycles. The first-order chi connectivity index (χ1) is 13.7. The molecular weight excluding hydrogens is 352 g/mol. The van der Waals surface area contributed by atoms with Crippen LogP contribution < -0.4 is 0 Å². The number of rotatable bonds is 3. The predicted octanol–water partition coefficient (Wildman–Crippen LogP) is 2.94. The number of amides is 1.